The van der Waals surface area contributed by atoms with Crippen LogP contribution in [0.3, 0.4) is 0 Å². The van der Waals surface area contributed by atoms with Crippen LogP contribution in [0.25, 0.3) is 0 Å². The second-order valence-corrected chi connectivity index (χ2v) is 11.6. The Labute approximate surface area is 230 Å². The average molecular weight is 556 g/mol. The second kappa shape index (κ2) is 12.9. The maximum Gasteiger partial charge on any atom is 0.264 e. The largest absolute Gasteiger partial charge is 0.352 e. The molecule has 2 amide bonds. The molecule has 2 atom stereocenters. The molecule has 0 aliphatic carbocycles. The Hall–Kier alpha value is -3.36. The molecule has 0 heterocycles. The molecule has 3 aromatic carbocycles. The van der Waals surface area contributed by atoms with Crippen molar-refractivity contribution in [1.29, 1.82) is 0 Å². The summed E-state index contributed by atoms with van der Waals surface area (Å²) in [5, 5.41) is 3.33. The first-order valence-electron chi connectivity index (χ1n) is 12.5. The molecule has 38 heavy (non-hydrogen) atoms. The number of nitrogens with zero attached hydrogens (tertiary/aromatic N) is 2. The van der Waals surface area contributed by atoms with Crippen LogP contribution < -0.4 is 9.62 Å². The van der Waals surface area contributed by atoms with Crippen LogP contribution in [0.1, 0.15) is 38.3 Å². The van der Waals surface area contributed by atoms with E-state index in [1.165, 1.54) is 29.2 Å². The van der Waals surface area contributed by atoms with Crippen LogP contribution >= 0.6 is 11.6 Å². The van der Waals surface area contributed by atoms with Crippen molar-refractivity contribution in [2.75, 3.05) is 10.8 Å². The molecule has 3 rings (SSSR count). The Kier molecular flexibility index (Phi) is 9.94. The molecule has 1 N–H and O–H groups in total. The summed E-state index contributed by atoms with van der Waals surface area (Å²) >= 11 is 5.98. The minimum Gasteiger partial charge on any atom is -0.352 e. The molecule has 3 aromatic rings. The summed E-state index contributed by atoms with van der Waals surface area (Å²) in [5.41, 5.74) is 2.12. The molecule has 0 radical (unpaired) electrons. The molecule has 0 bridgehead atoms. The number of sulfonamides is 1. The SMILES string of the molecule is CC[C@H](C)NC(=O)[C@H](C)N(Cc1ccccc1)C(=O)CN(c1ccc(C)cc1)S(=O)(=O)c1ccc(Cl)cc1. The standard InChI is InChI=1S/C29H34ClN3O4S/c1-5-22(3)31-29(35)23(4)32(19-24-9-7-6-8-10-24)28(34)20-33(26-15-11-21(2)12-16-26)38(36,37)27-17-13-25(30)14-18-27/h6-18,22-23H,5,19-20H2,1-4H3,(H,31,35)/t22-,23-/m0/s1. The lowest BCUT2D eigenvalue weighted by Crippen LogP contribution is -2.52. The van der Waals surface area contributed by atoms with Gasteiger partial charge in [0.2, 0.25) is 11.8 Å². The van der Waals surface area contributed by atoms with Gasteiger partial charge in [0.1, 0.15) is 12.6 Å². The van der Waals surface area contributed by atoms with E-state index < -0.39 is 28.5 Å². The topological polar surface area (TPSA) is 86.8 Å². The van der Waals surface area contributed by atoms with Gasteiger partial charge in [-0.25, -0.2) is 8.42 Å². The van der Waals surface area contributed by atoms with Crippen LogP contribution in [0, 0.1) is 6.92 Å². The lowest BCUT2D eigenvalue weighted by molar-refractivity contribution is -0.139. The van der Waals surface area contributed by atoms with E-state index in [0.717, 1.165) is 21.9 Å². The number of nitrogens with one attached hydrogen (secondary N) is 1. The maximum atomic E-state index is 13.9. The fraction of sp³-hybridized carbons (Fsp3) is 0.310. The van der Waals surface area contributed by atoms with Crippen LogP contribution in [-0.4, -0.2) is 43.8 Å². The van der Waals surface area contributed by atoms with Crippen molar-refractivity contribution in [2.24, 2.45) is 0 Å². The third kappa shape index (κ3) is 7.36. The van der Waals surface area contributed by atoms with Crippen molar-refractivity contribution in [3.63, 3.8) is 0 Å². The van der Waals surface area contributed by atoms with Crippen LogP contribution in [0.4, 0.5) is 5.69 Å². The molecular formula is C29H34ClN3O4S. The van der Waals surface area contributed by atoms with Gasteiger partial charge in [-0.1, -0.05) is 66.6 Å². The van der Waals surface area contributed by atoms with E-state index in [1.54, 1.807) is 31.2 Å². The molecular weight excluding hydrogens is 522 g/mol. The van der Waals surface area contributed by atoms with E-state index in [9.17, 15) is 18.0 Å². The molecule has 0 unspecified atom stereocenters. The second-order valence-electron chi connectivity index (χ2n) is 9.30. The highest BCUT2D eigenvalue weighted by atomic mass is 35.5. The Morgan fingerprint density at radius 1 is 0.921 bits per heavy atom. The van der Waals surface area contributed by atoms with Crippen molar-refractivity contribution in [3.05, 3.63) is 95.0 Å². The minimum atomic E-state index is -4.13. The lowest BCUT2D eigenvalue weighted by atomic mass is 10.1. The molecule has 7 nitrogen and oxygen atoms in total. The zero-order valence-electron chi connectivity index (χ0n) is 22.1. The first-order chi connectivity index (χ1) is 18.0. The van der Waals surface area contributed by atoms with Gasteiger partial charge in [-0.15, -0.1) is 0 Å². The molecule has 0 saturated heterocycles. The summed E-state index contributed by atoms with van der Waals surface area (Å²) in [6.45, 7) is 7.07. The number of hydrogen-bond donors (Lipinski definition) is 1. The summed E-state index contributed by atoms with van der Waals surface area (Å²) in [6.07, 6.45) is 0.742. The van der Waals surface area contributed by atoms with Crippen molar-refractivity contribution >= 4 is 39.1 Å². The van der Waals surface area contributed by atoms with Crippen LogP contribution in [0.15, 0.2) is 83.8 Å². The van der Waals surface area contributed by atoms with Gasteiger partial charge in [0.25, 0.3) is 10.0 Å². The summed E-state index contributed by atoms with van der Waals surface area (Å²) in [7, 11) is -4.13. The molecule has 0 aliphatic heterocycles. The number of rotatable bonds is 11. The maximum absolute atomic E-state index is 13.9. The normalized spacial score (nSPS) is 12.9. The van der Waals surface area contributed by atoms with E-state index in [0.29, 0.717) is 10.7 Å². The average Bonchev–Trinajstić information content (AvgIpc) is 2.91. The van der Waals surface area contributed by atoms with E-state index in [2.05, 4.69) is 5.32 Å². The van der Waals surface area contributed by atoms with E-state index in [-0.39, 0.29) is 23.4 Å². The van der Waals surface area contributed by atoms with Gasteiger partial charge in [0.05, 0.1) is 10.6 Å². The van der Waals surface area contributed by atoms with Gasteiger partial charge in [0, 0.05) is 17.6 Å². The molecule has 0 aromatic heterocycles. The molecule has 202 valence electrons. The predicted octanol–water partition coefficient (Wildman–Crippen LogP) is 5.18. The predicted molar refractivity (Wildman–Crippen MR) is 152 cm³/mol. The summed E-state index contributed by atoms with van der Waals surface area (Å²) in [4.78, 5) is 28.3. The first-order valence-corrected chi connectivity index (χ1v) is 14.3. The quantitative estimate of drug-likeness (QED) is 0.353. The number of anilines is 1. The van der Waals surface area contributed by atoms with Gasteiger partial charge in [-0.05, 0) is 69.2 Å². The smallest absolute Gasteiger partial charge is 0.264 e. The minimum absolute atomic E-state index is 0.00689. The number of carbonyl (C=O) groups is 2. The van der Waals surface area contributed by atoms with Crippen molar-refractivity contribution in [1.82, 2.24) is 10.2 Å². The Morgan fingerprint density at radius 2 is 1.53 bits per heavy atom. The zero-order valence-corrected chi connectivity index (χ0v) is 23.7. The Morgan fingerprint density at radius 3 is 2.11 bits per heavy atom. The highest BCUT2D eigenvalue weighted by molar-refractivity contribution is 7.92. The molecule has 9 heteroatoms. The zero-order chi connectivity index (χ0) is 27.9. The van der Waals surface area contributed by atoms with Gasteiger partial charge in [-0.2, -0.15) is 0 Å². The number of halogens is 1. The van der Waals surface area contributed by atoms with E-state index >= 15 is 0 Å². The summed E-state index contributed by atoms with van der Waals surface area (Å²) < 4.78 is 28.6. The Balaban J connectivity index is 2.00. The third-order valence-corrected chi connectivity index (χ3v) is 8.41. The lowest BCUT2D eigenvalue weighted by Gasteiger charge is -2.32. The number of aryl methyl sites for hydroxylation is 1. The van der Waals surface area contributed by atoms with E-state index in [1.807, 2.05) is 51.1 Å². The van der Waals surface area contributed by atoms with Crippen LogP contribution in [0.5, 0.6) is 0 Å². The molecule has 0 fully saturated rings. The number of hydrogen-bond acceptors (Lipinski definition) is 4. The highest BCUT2D eigenvalue weighted by Gasteiger charge is 2.32. The molecule has 0 spiro atoms. The number of carbonyl (C=O) groups excluding carboxylic acids is 2. The van der Waals surface area contributed by atoms with Crippen LogP contribution in [-0.2, 0) is 26.2 Å². The van der Waals surface area contributed by atoms with E-state index in [4.69, 9.17) is 11.6 Å². The molecule has 0 saturated carbocycles. The summed E-state index contributed by atoms with van der Waals surface area (Å²) in [5.74, 6) is -0.801. The van der Waals surface area contributed by atoms with Crippen molar-refractivity contribution < 1.29 is 18.0 Å². The van der Waals surface area contributed by atoms with Gasteiger partial charge in [-0.3, -0.25) is 13.9 Å². The van der Waals surface area contributed by atoms with Gasteiger partial charge >= 0.3 is 0 Å². The fourth-order valence-electron chi connectivity index (χ4n) is 3.80. The van der Waals surface area contributed by atoms with Crippen LogP contribution in [0.2, 0.25) is 5.02 Å². The molecule has 0 aliphatic rings. The fourth-order valence-corrected chi connectivity index (χ4v) is 5.34. The number of amides is 2. The number of benzene rings is 3. The highest BCUT2D eigenvalue weighted by Crippen LogP contribution is 2.26. The summed E-state index contributed by atoms with van der Waals surface area (Å²) in [6, 6.07) is 21.1. The van der Waals surface area contributed by atoms with Gasteiger partial charge in [0.15, 0.2) is 0 Å². The van der Waals surface area contributed by atoms with Crippen molar-refractivity contribution in [2.45, 2.75) is 57.6 Å². The first kappa shape index (κ1) is 29.2. The monoisotopic (exact) mass is 555 g/mol. The third-order valence-electron chi connectivity index (χ3n) is 6.37. The van der Waals surface area contributed by atoms with Gasteiger partial charge < -0.3 is 10.2 Å². The Bertz CT molecular complexity index is 1330. The van der Waals surface area contributed by atoms with Crippen molar-refractivity contribution in [3.8, 4) is 0 Å².